The molecule has 0 radical (unpaired) electrons. The van der Waals surface area contributed by atoms with Crippen LogP contribution in [0.2, 0.25) is 0 Å². The van der Waals surface area contributed by atoms with Gasteiger partial charge >= 0.3 is 0 Å². The Balaban J connectivity index is 0.000000161. The number of nitrogens with one attached hydrogen (secondary N) is 1. The van der Waals surface area contributed by atoms with Crippen molar-refractivity contribution in [1.82, 2.24) is 0 Å². The van der Waals surface area contributed by atoms with Crippen LogP contribution in [0.4, 0.5) is 5.69 Å². The third kappa shape index (κ3) is 9.21. The van der Waals surface area contributed by atoms with E-state index in [2.05, 4.69) is 72.9 Å². The van der Waals surface area contributed by atoms with Crippen molar-refractivity contribution in [3.63, 3.8) is 0 Å². The first-order valence-corrected chi connectivity index (χ1v) is 9.60. The number of carbonyl (C=O) groups is 1. The van der Waals surface area contributed by atoms with Crippen LogP contribution in [0.5, 0.6) is 0 Å². The number of amides is 1. The molecule has 0 heterocycles. The standard InChI is InChI=1S/C12H10.C8H9NO.C7H8/c1-3-7-11(8-4-1)12-9-5-2-6-10-12;1-7(10)9-8-5-3-2-4-6-8;1-7-5-3-2-4-6-7/h1-10H;2-6H,1H3,(H,9,10);2-6H,1H3. The summed E-state index contributed by atoms with van der Waals surface area (Å²) in [5.41, 5.74) is 4.72. The molecular weight excluding hydrogens is 354 g/mol. The van der Waals surface area contributed by atoms with Gasteiger partial charge in [0.2, 0.25) is 5.91 Å². The Morgan fingerprint density at radius 2 is 0.897 bits per heavy atom. The molecule has 0 spiro atoms. The number of para-hydroxylation sites is 1. The van der Waals surface area contributed by atoms with Crippen molar-refractivity contribution in [3.05, 3.63) is 127 Å². The first-order valence-electron chi connectivity index (χ1n) is 9.60. The molecule has 0 aliphatic carbocycles. The van der Waals surface area contributed by atoms with E-state index in [-0.39, 0.29) is 5.91 Å². The van der Waals surface area contributed by atoms with Gasteiger partial charge in [0.05, 0.1) is 0 Å². The van der Waals surface area contributed by atoms with Crippen molar-refractivity contribution in [2.24, 2.45) is 0 Å². The summed E-state index contributed by atoms with van der Waals surface area (Å²) in [6.07, 6.45) is 0. The summed E-state index contributed by atoms with van der Waals surface area (Å²) in [6, 6.07) is 40.4. The van der Waals surface area contributed by atoms with Gasteiger partial charge in [-0.1, -0.05) is 115 Å². The molecule has 0 saturated carbocycles. The molecule has 146 valence electrons. The smallest absolute Gasteiger partial charge is 0.221 e. The summed E-state index contributed by atoms with van der Waals surface area (Å²) in [5, 5.41) is 2.67. The van der Waals surface area contributed by atoms with E-state index in [1.165, 1.54) is 23.6 Å². The highest BCUT2D eigenvalue weighted by atomic mass is 16.1. The van der Waals surface area contributed by atoms with Gasteiger partial charge in [0.25, 0.3) is 0 Å². The van der Waals surface area contributed by atoms with E-state index >= 15 is 0 Å². The molecule has 0 unspecified atom stereocenters. The van der Waals surface area contributed by atoms with Gasteiger partial charge in [-0.3, -0.25) is 4.79 Å². The van der Waals surface area contributed by atoms with Gasteiger partial charge in [0.1, 0.15) is 0 Å². The number of carbonyl (C=O) groups excluding carboxylic acids is 1. The largest absolute Gasteiger partial charge is 0.326 e. The van der Waals surface area contributed by atoms with E-state index in [4.69, 9.17) is 0 Å². The van der Waals surface area contributed by atoms with E-state index in [1.807, 2.05) is 60.7 Å². The molecule has 4 aromatic rings. The molecule has 0 saturated heterocycles. The summed E-state index contributed by atoms with van der Waals surface area (Å²) in [4.78, 5) is 10.5. The molecule has 0 fully saturated rings. The predicted octanol–water partition coefficient (Wildman–Crippen LogP) is 6.99. The van der Waals surface area contributed by atoms with Crippen LogP contribution in [-0.2, 0) is 4.79 Å². The van der Waals surface area contributed by atoms with Crippen LogP contribution >= 0.6 is 0 Å². The minimum absolute atomic E-state index is 0.0359. The van der Waals surface area contributed by atoms with E-state index in [0.29, 0.717) is 0 Å². The zero-order chi connectivity index (χ0) is 20.7. The van der Waals surface area contributed by atoms with Crippen molar-refractivity contribution < 1.29 is 4.79 Å². The van der Waals surface area contributed by atoms with Gasteiger partial charge < -0.3 is 5.32 Å². The molecule has 2 heteroatoms. The highest BCUT2D eigenvalue weighted by molar-refractivity contribution is 5.88. The summed E-state index contributed by atoms with van der Waals surface area (Å²) >= 11 is 0. The molecule has 0 aliphatic heterocycles. The Bertz CT molecular complexity index is 899. The normalized spacial score (nSPS) is 9.17. The lowest BCUT2D eigenvalue weighted by molar-refractivity contribution is -0.114. The lowest BCUT2D eigenvalue weighted by Crippen LogP contribution is -2.04. The van der Waals surface area contributed by atoms with Crippen LogP contribution in [0.15, 0.2) is 121 Å². The highest BCUT2D eigenvalue weighted by Gasteiger charge is 1.92. The molecule has 1 N–H and O–H groups in total. The highest BCUT2D eigenvalue weighted by Crippen LogP contribution is 2.17. The lowest BCUT2D eigenvalue weighted by Gasteiger charge is -1.98. The third-order valence-corrected chi connectivity index (χ3v) is 3.92. The Hall–Kier alpha value is -3.65. The van der Waals surface area contributed by atoms with Crippen molar-refractivity contribution in [3.8, 4) is 11.1 Å². The summed E-state index contributed by atoms with van der Waals surface area (Å²) in [6.45, 7) is 3.58. The summed E-state index contributed by atoms with van der Waals surface area (Å²) in [5.74, 6) is -0.0359. The summed E-state index contributed by atoms with van der Waals surface area (Å²) < 4.78 is 0. The van der Waals surface area contributed by atoms with Crippen molar-refractivity contribution >= 4 is 11.6 Å². The average molecular weight is 382 g/mol. The second-order valence-electron chi connectivity index (χ2n) is 6.43. The van der Waals surface area contributed by atoms with Crippen LogP contribution in [0.1, 0.15) is 12.5 Å². The molecule has 29 heavy (non-hydrogen) atoms. The maximum absolute atomic E-state index is 10.5. The Labute approximate surface area is 173 Å². The molecular formula is C27H27NO. The maximum atomic E-state index is 10.5. The number of anilines is 1. The van der Waals surface area contributed by atoms with Crippen LogP contribution in [-0.4, -0.2) is 5.91 Å². The van der Waals surface area contributed by atoms with Gasteiger partial charge in [-0.25, -0.2) is 0 Å². The Morgan fingerprint density at radius 1 is 0.552 bits per heavy atom. The van der Waals surface area contributed by atoms with Gasteiger partial charge in [0.15, 0.2) is 0 Å². The molecule has 1 amide bonds. The summed E-state index contributed by atoms with van der Waals surface area (Å²) in [7, 11) is 0. The van der Waals surface area contributed by atoms with Crippen LogP contribution < -0.4 is 5.32 Å². The fourth-order valence-corrected chi connectivity index (χ4v) is 2.52. The van der Waals surface area contributed by atoms with E-state index in [1.54, 1.807) is 0 Å². The average Bonchev–Trinajstić information content (AvgIpc) is 2.77. The molecule has 4 aromatic carbocycles. The fourth-order valence-electron chi connectivity index (χ4n) is 2.52. The van der Waals surface area contributed by atoms with E-state index in [9.17, 15) is 4.79 Å². The predicted molar refractivity (Wildman–Crippen MR) is 124 cm³/mol. The van der Waals surface area contributed by atoms with E-state index < -0.39 is 0 Å². The maximum Gasteiger partial charge on any atom is 0.221 e. The fraction of sp³-hybridized carbons (Fsp3) is 0.0741. The topological polar surface area (TPSA) is 29.1 Å². The first-order chi connectivity index (χ1) is 14.1. The minimum atomic E-state index is -0.0359. The molecule has 0 bridgehead atoms. The first kappa shape index (κ1) is 21.6. The molecule has 0 atom stereocenters. The Kier molecular flexibility index (Phi) is 9.47. The van der Waals surface area contributed by atoms with Gasteiger partial charge in [-0.2, -0.15) is 0 Å². The lowest BCUT2D eigenvalue weighted by atomic mass is 10.1. The number of hydrogen-bond donors (Lipinski definition) is 1. The zero-order valence-electron chi connectivity index (χ0n) is 17.0. The third-order valence-electron chi connectivity index (χ3n) is 3.92. The van der Waals surface area contributed by atoms with Crippen molar-refractivity contribution in [2.45, 2.75) is 13.8 Å². The van der Waals surface area contributed by atoms with Crippen LogP contribution in [0.3, 0.4) is 0 Å². The molecule has 0 aliphatic rings. The second kappa shape index (κ2) is 12.7. The van der Waals surface area contributed by atoms with Gasteiger partial charge in [-0.15, -0.1) is 0 Å². The van der Waals surface area contributed by atoms with Crippen molar-refractivity contribution in [1.29, 1.82) is 0 Å². The van der Waals surface area contributed by atoms with Crippen molar-refractivity contribution in [2.75, 3.05) is 5.32 Å². The number of benzene rings is 4. The second-order valence-corrected chi connectivity index (χ2v) is 6.43. The number of rotatable bonds is 2. The van der Waals surface area contributed by atoms with E-state index in [0.717, 1.165) is 5.69 Å². The van der Waals surface area contributed by atoms with Crippen LogP contribution in [0.25, 0.3) is 11.1 Å². The quantitative estimate of drug-likeness (QED) is 0.398. The van der Waals surface area contributed by atoms with Gasteiger partial charge in [-0.05, 0) is 30.2 Å². The number of hydrogen-bond acceptors (Lipinski definition) is 1. The SMILES string of the molecule is CC(=O)Nc1ccccc1.Cc1ccccc1.c1ccc(-c2ccccc2)cc1. The Morgan fingerprint density at radius 3 is 1.21 bits per heavy atom. The minimum Gasteiger partial charge on any atom is -0.326 e. The van der Waals surface area contributed by atoms with Crippen LogP contribution in [0, 0.1) is 6.92 Å². The molecule has 2 nitrogen and oxygen atoms in total. The van der Waals surface area contributed by atoms with Gasteiger partial charge in [0, 0.05) is 12.6 Å². The molecule has 4 rings (SSSR count). The molecule has 0 aromatic heterocycles. The number of aryl methyl sites for hydroxylation is 1. The zero-order valence-corrected chi connectivity index (χ0v) is 17.0. The monoisotopic (exact) mass is 381 g/mol.